The van der Waals surface area contributed by atoms with Gasteiger partial charge in [-0.05, 0) is 27.7 Å². The van der Waals surface area contributed by atoms with E-state index in [2.05, 4.69) is 19.7 Å². The summed E-state index contributed by atoms with van der Waals surface area (Å²) in [5, 5.41) is -0.0262. The van der Waals surface area contributed by atoms with Gasteiger partial charge in [0.1, 0.15) is 0 Å². The summed E-state index contributed by atoms with van der Waals surface area (Å²) < 4.78 is 29.3. The van der Waals surface area contributed by atoms with E-state index in [9.17, 15) is 8.42 Å². The molecule has 2 rings (SSSR count). The minimum atomic E-state index is -3.78. The number of hydrogen-bond donors (Lipinski definition) is 1. The summed E-state index contributed by atoms with van der Waals surface area (Å²) in [7, 11) is -0.120. The highest BCUT2D eigenvalue weighted by Crippen LogP contribution is 2.23. The molecular formula is C14H22N6O2S. The van der Waals surface area contributed by atoms with Crippen molar-refractivity contribution in [1.29, 1.82) is 0 Å². The van der Waals surface area contributed by atoms with Gasteiger partial charge in [0.05, 0.1) is 23.4 Å². The van der Waals surface area contributed by atoms with E-state index in [-0.39, 0.29) is 11.1 Å². The molecule has 2 aromatic rings. The highest BCUT2D eigenvalue weighted by molar-refractivity contribution is 7.92. The predicted octanol–water partition coefficient (Wildman–Crippen LogP) is 1.74. The van der Waals surface area contributed by atoms with E-state index in [4.69, 9.17) is 0 Å². The molecule has 0 saturated carbocycles. The highest BCUT2D eigenvalue weighted by Gasteiger charge is 2.21. The first-order chi connectivity index (χ1) is 10.6. The fraction of sp³-hybridized carbons (Fsp3) is 0.500. The van der Waals surface area contributed by atoms with Crippen LogP contribution in [-0.4, -0.2) is 42.0 Å². The molecule has 0 aliphatic rings. The van der Waals surface area contributed by atoms with Gasteiger partial charge in [-0.1, -0.05) is 0 Å². The van der Waals surface area contributed by atoms with E-state index in [0.717, 1.165) is 0 Å². The third-order valence-electron chi connectivity index (χ3n) is 3.34. The first kappa shape index (κ1) is 17.2. The molecule has 8 nitrogen and oxygen atoms in total. The molecule has 0 unspecified atom stereocenters. The minimum absolute atomic E-state index is 0.0262. The Morgan fingerprint density at radius 1 is 1.17 bits per heavy atom. The Hall–Kier alpha value is -2.16. The highest BCUT2D eigenvalue weighted by atomic mass is 32.2. The second-order valence-electron chi connectivity index (χ2n) is 5.82. The molecule has 0 fully saturated rings. The quantitative estimate of drug-likeness (QED) is 0.892. The average Bonchev–Trinajstić information content (AvgIpc) is 2.93. The fourth-order valence-corrected chi connectivity index (χ4v) is 3.09. The second kappa shape index (κ2) is 6.15. The number of imidazole rings is 1. The number of rotatable bonds is 5. The predicted molar refractivity (Wildman–Crippen MR) is 89.3 cm³/mol. The molecule has 0 atom stereocenters. The van der Waals surface area contributed by atoms with Crippen LogP contribution in [0, 0.1) is 13.8 Å². The zero-order valence-corrected chi connectivity index (χ0v) is 15.0. The summed E-state index contributed by atoms with van der Waals surface area (Å²) in [6, 6.07) is 0.137. The zero-order valence-electron chi connectivity index (χ0n) is 14.2. The average molecular weight is 338 g/mol. The van der Waals surface area contributed by atoms with E-state index in [1.165, 1.54) is 12.5 Å². The molecule has 9 heteroatoms. The van der Waals surface area contributed by atoms with Gasteiger partial charge in [-0.2, -0.15) is 8.42 Å². The summed E-state index contributed by atoms with van der Waals surface area (Å²) in [5.74, 6) is 0.534. The normalized spacial score (nSPS) is 11.8. The Balaban J connectivity index is 2.37. The van der Waals surface area contributed by atoms with Crippen LogP contribution in [0.1, 0.15) is 31.3 Å². The topological polar surface area (TPSA) is 93.0 Å². The standard InChI is InChI=1S/C14H22N6O2S/c1-9(2)20-7-12(15-8-20)23(21,22)18-13-10(3)16-14(19(5)6)17-11(13)4/h7-9,18H,1-6H3. The molecule has 0 amide bonds. The van der Waals surface area contributed by atoms with E-state index < -0.39 is 10.0 Å². The number of sulfonamides is 1. The Bertz CT molecular complexity index is 787. The van der Waals surface area contributed by atoms with Crippen LogP contribution < -0.4 is 9.62 Å². The van der Waals surface area contributed by atoms with Gasteiger partial charge in [0.15, 0.2) is 5.03 Å². The number of anilines is 2. The summed E-state index contributed by atoms with van der Waals surface area (Å²) in [4.78, 5) is 14.4. The molecule has 0 saturated heterocycles. The Morgan fingerprint density at radius 2 is 1.74 bits per heavy atom. The Labute approximate surface area is 136 Å². The van der Waals surface area contributed by atoms with Crippen LogP contribution in [0.3, 0.4) is 0 Å². The van der Waals surface area contributed by atoms with Crippen molar-refractivity contribution in [2.45, 2.75) is 38.8 Å². The van der Waals surface area contributed by atoms with Gasteiger partial charge >= 0.3 is 0 Å². The maximum Gasteiger partial charge on any atom is 0.281 e. The van der Waals surface area contributed by atoms with Gasteiger partial charge in [0, 0.05) is 26.3 Å². The molecule has 126 valence electrons. The van der Waals surface area contributed by atoms with Gasteiger partial charge in [0.25, 0.3) is 10.0 Å². The number of aromatic nitrogens is 4. The van der Waals surface area contributed by atoms with Crippen LogP contribution >= 0.6 is 0 Å². The summed E-state index contributed by atoms with van der Waals surface area (Å²) in [5.41, 5.74) is 1.51. The third-order valence-corrected chi connectivity index (χ3v) is 4.58. The van der Waals surface area contributed by atoms with Crippen LogP contribution in [-0.2, 0) is 10.0 Å². The van der Waals surface area contributed by atoms with Crippen LogP contribution in [0.4, 0.5) is 11.6 Å². The Kier molecular flexibility index (Phi) is 4.60. The van der Waals surface area contributed by atoms with Crippen LogP contribution in [0.5, 0.6) is 0 Å². The number of nitrogens with zero attached hydrogens (tertiary/aromatic N) is 5. The van der Waals surface area contributed by atoms with Crippen molar-refractivity contribution in [3.63, 3.8) is 0 Å². The van der Waals surface area contributed by atoms with Gasteiger partial charge in [-0.15, -0.1) is 0 Å². The molecule has 2 heterocycles. The molecule has 2 aromatic heterocycles. The lowest BCUT2D eigenvalue weighted by molar-refractivity contribution is 0.591. The van der Waals surface area contributed by atoms with E-state index in [1.54, 1.807) is 23.3 Å². The van der Waals surface area contributed by atoms with Crippen LogP contribution in [0.25, 0.3) is 0 Å². The van der Waals surface area contributed by atoms with Crippen molar-refractivity contribution in [3.05, 3.63) is 23.9 Å². The van der Waals surface area contributed by atoms with Crippen molar-refractivity contribution < 1.29 is 8.42 Å². The lowest BCUT2D eigenvalue weighted by Crippen LogP contribution is -2.19. The largest absolute Gasteiger partial charge is 0.347 e. The molecule has 1 N–H and O–H groups in total. The van der Waals surface area contributed by atoms with Crippen molar-refractivity contribution in [2.75, 3.05) is 23.7 Å². The first-order valence-corrected chi connectivity index (χ1v) is 8.69. The van der Waals surface area contributed by atoms with E-state index >= 15 is 0 Å². The number of hydrogen-bond acceptors (Lipinski definition) is 6. The van der Waals surface area contributed by atoms with E-state index in [1.807, 2.05) is 27.9 Å². The molecule has 0 aromatic carbocycles. The fourth-order valence-electron chi connectivity index (χ4n) is 1.97. The lowest BCUT2D eigenvalue weighted by atomic mass is 10.3. The molecular weight excluding hydrogens is 316 g/mol. The molecule has 0 bridgehead atoms. The maximum atomic E-state index is 12.5. The zero-order chi connectivity index (χ0) is 17.4. The van der Waals surface area contributed by atoms with Crippen molar-refractivity contribution >= 4 is 21.7 Å². The lowest BCUT2D eigenvalue weighted by Gasteiger charge is -2.15. The van der Waals surface area contributed by atoms with Gasteiger partial charge in [-0.3, -0.25) is 4.72 Å². The van der Waals surface area contributed by atoms with Crippen LogP contribution in [0.15, 0.2) is 17.6 Å². The van der Waals surface area contributed by atoms with Crippen LogP contribution in [0.2, 0.25) is 0 Å². The Morgan fingerprint density at radius 3 is 2.17 bits per heavy atom. The second-order valence-corrected chi connectivity index (χ2v) is 7.45. The molecule has 0 radical (unpaired) electrons. The first-order valence-electron chi connectivity index (χ1n) is 7.20. The molecule has 23 heavy (non-hydrogen) atoms. The number of aryl methyl sites for hydroxylation is 2. The summed E-state index contributed by atoms with van der Waals surface area (Å²) >= 11 is 0. The minimum Gasteiger partial charge on any atom is -0.347 e. The summed E-state index contributed by atoms with van der Waals surface area (Å²) in [6.45, 7) is 7.39. The van der Waals surface area contributed by atoms with Crippen molar-refractivity contribution in [1.82, 2.24) is 19.5 Å². The molecule has 0 spiro atoms. The molecule has 0 aliphatic heterocycles. The van der Waals surface area contributed by atoms with Gasteiger partial charge < -0.3 is 9.47 Å². The van der Waals surface area contributed by atoms with Crippen molar-refractivity contribution in [3.8, 4) is 0 Å². The smallest absolute Gasteiger partial charge is 0.281 e. The van der Waals surface area contributed by atoms with Gasteiger partial charge in [0.2, 0.25) is 5.95 Å². The van der Waals surface area contributed by atoms with Crippen molar-refractivity contribution in [2.24, 2.45) is 0 Å². The summed E-state index contributed by atoms with van der Waals surface area (Å²) in [6.07, 6.45) is 3.01. The monoisotopic (exact) mass is 338 g/mol. The van der Waals surface area contributed by atoms with Gasteiger partial charge in [-0.25, -0.2) is 15.0 Å². The van der Waals surface area contributed by atoms with E-state index in [0.29, 0.717) is 23.0 Å². The maximum absolute atomic E-state index is 12.5. The molecule has 0 aliphatic carbocycles. The third kappa shape index (κ3) is 3.61. The number of nitrogens with one attached hydrogen (secondary N) is 1. The SMILES string of the molecule is Cc1nc(N(C)C)nc(C)c1NS(=O)(=O)c1cn(C(C)C)cn1.